The summed E-state index contributed by atoms with van der Waals surface area (Å²) in [4.78, 5) is 12.5. The minimum absolute atomic E-state index is 0.0595. The molecule has 0 aliphatic heterocycles. The summed E-state index contributed by atoms with van der Waals surface area (Å²) in [5, 5.41) is 11.9. The number of hydrogen-bond donors (Lipinski definition) is 1. The van der Waals surface area contributed by atoms with Gasteiger partial charge in [0, 0.05) is 5.69 Å². The molecule has 3 rings (SSSR count). The Labute approximate surface area is 195 Å². The zero-order valence-corrected chi connectivity index (χ0v) is 19.0. The number of aryl methyl sites for hydroxylation is 1. The van der Waals surface area contributed by atoms with Gasteiger partial charge in [0.15, 0.2) is 5.75 Å². The number of carbonyl (C=O) groups is 1. The van der Waals surface area contributed by atoms with Crippen molar-refractivity contribution < 1.29 is 17.4 Å². The fourth-order valence-corrected chi connectivity index (χ4v) is 4.36. The number of nitriles is 1. The lowest BCUT2D eigenvalue weighted by molar-refractivity contribution is -0.112. The summed E-state index contributed by atoms with van der Waals surface area (Å²) in [6.45, 7) is 1.83. The molecule has 0 bridgehead atoms. The Kier molecular flexibility index (Phi) is 7.21. The summed E-state index contributed by atoms with van der Waals surface area (Å²) in [7, 11) is -4.15. The first kappa shape index (κ1) is 23.4. The van der Waals surface area contributed by atoms with E-state index in [1.807, 2.05) is 25.1 Å². The SMILES string of the molecule is Cc1ccccc1NC(=O)/C(C#N)=C/c1cc(Cl)c(OS(=O)(=O)c2ccccc2)c(Cl)c1. The molecule has 9 heteroatoms. The Balaban J connectivity index is 1.88. The van der Waals surface area contributed by atoms with Crippen LogP contribution in [0.5, 0.6) is 5.75 Å². The van der Waals surface area contributed by atoms with Crippen LogP contribution in [0.2, 0.25) is 10.0 Å². The summed E-state index contributed by atoms with van der Waals surface area (Å²) in [5.41, 5.74) is 1.54. The number of carbonyl (C=O) groups excluding carboxylic acids is 1. The first-order valence-corrected chi connectivity index (χ1v) is 11.3. The van der Waals surface area contributed by atoms with E-state index < -0.39 is 16.0 Å². The van der Waals surface area contributed by atoms with E-state index in [0.29, 0.717) is 11.3 Å². The third-order valence-electron chi connectivity index (χ3n) is 4.31. The standard InChI is InChI=1S/C23H16Cl2N2O4S/c1-15-7-5-6-10-21(15)27-23(28)17(14-26)11-16-12-19(24)22(20(25)13-16)31-32(29,30)18-8-3-2-4-9-18/h2-13H,1H3,(H,27,28)/b17-11+. The van der Waals surface area contributed by atoms with E-state index in [4.69, 9.17) is 27.4 Å². The van der Waals surface area contributed by atoms with E-state index in [1.54, 1.807) is 30.3 Å². The molecule has 0 aromatic heterocycles. The minimum Gasteiger partial charge on any atom is -0.376 e. The Hall–Kier alpha value is -3.31. The van der Waals surface area contributed by atoms with Crippen LogP contribution in [-0.4, -0.2) is 14.3 Å². The van der Waals surface area contributed by atoms with Crippen molar-refractivity contribution in [2.45, 2.75) is 11.8 Å². The highest BCUT2D eigenvalue weighted by molar-refractivity contribution is 7.87. The molecule has 1 N–H and O–H groups in total. The van der Waals surface area contributed by atoms with Crippen molar-refractivity contribution >= 4 is 51.0 Å². The van der Waals surface area contributed by atoms with Crippen LogP contribution in [0, 0.1) is 18.3 Å². The van der Waals surface area contributed by atoms with Gasteiger partial charge in [-0.15, -0.1) is 0 Å². The fourth-order valence-electron chi connectivity index (χ4n) is 2.71. The van der Waals surface area contributed by atoms with Gasteiger partial charge in [-0.3, -0.25) is 4.79 Å². The normalized spacial score (nSPS) is 11.5. The zero-order valence-electron chi connectivity index (χ0n) is 16.7. The van der Waals surface area contributed by atoms with Gasteiger partial charge >= 0.3 is 10.1 Å². The van der Waals surface area contributed by atoms with Gasteiger partial charge in [0.1, 0.15) is 16.5 Å². The van der Waals surface area contributed by atoms with E-state index in [1.165, 1.54) is 30.3 Å². The number of para-hydroxylation sites is 1. The molecule has 0 atom stereocenters. The quantitative estimate of drug-likeness (QED) is 0.277. The van der Waals surface area contributed by atoms with Gasteiger partial charge in [0.2, 0.25) is 0 Å². The molecule has 0 heterocycles. The van der Waals surface area contributed by atoms with Crippen LogP contribution in [0.15, 0.2) is 77.2 Å². The number of nitrogens with one attached hydrogen (secondary N) is 1. The molecule has 162 valence electrons. The Morgan fingerprint density at radius 3 is 2.22 bits per heavy atom. The summed E-state index contributed by atoms with van der Waals surface area (Å²) in [6, 6.07) is 19.2. The average Bonchev–Trinajstić information content (AvgIpc) is 2.77. The highest BCUT2D eigenvalue weighted by atomic mass is 35.5. The maximum Gasteiger partial charge on any atom is 0.339 e. The van der Waals surface area contributed by atoms with Gasteiger partial charge in [-0.25, -0.2) is 0 Å². The van der Waals surface area contributed by atoms with Crippen molar-refractivity contribution in [1.82, 2.24) is 0 Å². The van der Waals surface area contributed by atoms with Crippen molar-refractivity contribution in [3.05, 3.63) is 93.5 Å². The Morgan fingerprint density at radius 1 is 1.03 bits per heavy atom. The van der Waals surface area contributed by atoms with E-state index in [2.05, 4.69) is 5.32 Å². The van der Waals surface area contributed by atoms with E-state index >= 15 is 0 Å². The number of nitrogens with zero attached hydrogens (tertiary/aromatic N) is 1. The third-order valence-corrected chi connectivity index (χ3v) is 6.11. The van der Waals surface area contributed by atoms with Crippen LogP contribution < -0.4 is 9.50 Å². The minimum atomic E-state index is -4.15. The zero-order chi connectivity index (χ0) is 23.3. The average molecular weight is 487 g/mol. The van der Waals surface area contributed by atoms with Crippen LogP contribution >= 0.6 is 23.2 Å². The lowest BCUT2D eigenvalue weighted by Gasteiger charge is -2.11. The molecule has 0 saturated heterocycles. The number of rotatable bonds is 6. The Bertz CT molecular complexity index is 1320. The van der Waals surface area contributed by atoms with Crippen LogP contribution in [0.3, 0.4) is 0 Å². The van der Waals surface area contributed by atoms with Gasteiger partial charge in [0.25, 0.3) is 5.91 Å². The number of hydrogen-bond acceptors (Lipinski definition) is 5. The topological polar surface area (TPSA) is 96.3 Å². The van der Waals surface area contributed by atoms with Crippen LogP contribution in [-0.2, 0) is 14.9 Å². The molecule has 0 aliphatic rings. The summed E-state index contributed by atoms with van der Waals surface area (Å²) < 4.78 is 30.0. The first-order chi connectivity index (χ1) is 15.2. The van der Waals surface area contributed by atoms with Crippen LogP contribution in [0.4, 0.5) is 5.69 Å². The molecular formula is C23H16Cl2N2O4S. The molecule has 3 aromatic carbocycles. The lowest BCUT2D eigenvalue weighted by atomic mass is 10.1. The molecule has 0 fully saturated rings. The van der Waals surface area contributed by atoms with Crippen molar-refractivity contribution in [2.75, 3.05) is 5.32 Å². The van der Waals surface area contributed by atoms with Crippen LogP contribution in [0.25, 0.3) is 6.08 Å². The second-order valence-corrected chi connectivity index (χ2v) is 8.96. The number of benzene rings is 3. The summed E-state index contributed by atoms with van der Waals surface area (Å²) >= 11 is 12.4. The third kappa shape index (κ3) is 5.48. The van der Waals surface area contributed by atoms with Crippen LogP contribution in [0.1, 0.15) is 11.1 Å². The molecule has 32 heavy (non-hydrogen) atoms. The van der Waals surface area contributed by atoms with Gasteiger partial charge in [-0.2, -0.15) is 13.7 Å². The monoisotopic (exact) mass is 486 g/mol. The molecule has 0 spiro atoms. The number of amides is 1. The molecule has 3 aromatic rings. The number of halogens is 2. The molecule has 0 aliphatic carbocycles. The van der Waals surface area contributed by atoms with Gasteiger partial charge in [0.05, 0.1) is 10.0 Å². The van der Waals surface area contributed by atoms with Gasteiger partial charge < -0.3 is 9.50 Å². The molecule has 0 unspecified atom stereocenters. The lowest BCUT2D eigenvalue weighted by Crippen LogP contribution is -2.14. The second-order valence-electron chi connectivity index (χ2n) is 6.60. The van der Waals surface area contributed by atoms with Gasteiger partial charge in [-0.1, -0.05) is 59.6 Å². The molecule has 0 radical (unpaired) electrons. The van der Waals surface area contributed by atoms with Crippen molar-refractivity contribution in [3.63, 3.8) is 0 Å². The number of anilines is 1. The maximum absolute atomic E-state index is 12.5. The van der Waals surface area contributed by atoms with Crippen molar-refractivity contribution in [3.8, 4) is 11.8 Å². The summed E-state index contributed by atoms with van der Waals surface area (Å²) in [5.74, 6) is -0.863. The smallest absolute Gasteiger partial charge is 0.339 e. The van der Waals surface area contributed by atoms with E-state index in [-0.39, 0.29) is 26.3 Å². The Morgan fingerprint density at radius 2 is 1.62 bits per heavy atom. The molecule has 6 nitrogen and oxygen atoms in total. The molecule has 1 amide bonds. The first-order valence-electron chi connectivity index (χ1n) is 9.18. The second kappa shape index (κ2) is 9.88. The maximum atomic E-state index is 12.5. The molecule has 0 saturated carbocycles. The summed E-state index contributed by atoms with van der Waals surface area (Å²) in [6.07, 6.45) is 1.29. The molecular weight excluding hydrogens is 471 g/mol. The predicted octanol–water partition coefficient (Wildman–Crippen LogP) is 5.62. The predicted molar refractivity (Wildman–Crippen MR) is 124 cm³/mol. The largest absolute Gasteiger partial charge is 0.376 e. The van der Waals surface area contributed by atoms with E-state index in [9.17, 15) is 18.5 Å². The van der Waals surface area contributed by atoms with Crippen molar-refractivity contribution in [1.29, 1.82) is 5.26 Å². The van der Waals surface area contributed by atoms with Crippen molar-refractivity contribution in [2.24, 2.45) is 0 Å². The highest BCUT2D eigenvalue weighted by Gasteiger charge is 2.21. The fraction of sp³-hybridized carbons (Fsp3) is 0.0435. The van der Waals surface area contributed by atoms with E-state index in [0.717, 1.165) is 5.56 Å². The van der Waals surface area contributed by atoms with Gasteiger partial charge in [-0.05, 0) is 54.5 Å². The highest BCUT2D eigenvalue weighted by Crippen LogP contribution is 2.36.